The number of nitrogens with zero attached hydrogens (tertiary/aromatic N) is 4. The summed E-state index contributed by atoms with van der Waals surface area (Å²) < 4.78 is 5.13. The number of rotatable bonds is 7. The topological polar surface area (TPSA) is 114 Å². The van der Waals surface area contributed by atoms with E-state index in [0.29, 0.717) is 36.5 Å². The van der Waals surface area contributed by atoms with Crippen LogP contribution in [0.1, 0.15) is 34.1 Å². The van der Waals surface area contributed by atoms with Gasteiger partial charge < -0.3 is 9.64 Å². The van der Waals surface area contributed by atoms with Gasteiger partial charge in [-0.15, -0.1) is 0 Å². The third kappa shape index (κ3) is 3.36. The first-order chi connectivity index (χ1) is 14.1. The van der Waals surface area contributed by atoms with E-state index < -0.39 is 4.92 Å². The quantitative estimate of drug-likeness (QED) is 0.375. The summed E-state index contributed by atoms with van der Waals surface area (Å²) in [6.45, 7) is 1.07. The van der Waals surface area contributed by atoms with Gasteiger partial charge in [-0.3, -0.25) is 25.0 Å². The molecule has 0 spiro atoms. The van der Waals surface area contributed by atoms with Gasteiger partial charge in [0.1, 0.15) is 5.69 Å². The number of ether oxygens (including phenoxy) is 1. The number of fused-ring (bicyclic) bond motifs is 1. The maximum Gasteiger partial charge on any atom is 0.273 e. The zero-order valence-electron chi connectivity index (χ0n) is 15.7. The fourth-order valence-corrected chi connectivity index (χ4v) is 3.65. The lowest BCUT2D eigenvalue weighted by molar-refractivity contribution is -0.384. The summed E-state index contributed by atoms with van der Waals surface area (Å²) in [4.78, 5) is 29.6. The summed E-state index contributed by atoms with van der Waals surface area (Å²) in [5.41, 5.74) is 3.38. The van der Waals surface area contributed by atoms with Gasteiger partial charge in [0.05, 0.1) is 16.7 Å². The first kappa shape index (κ1) is 18.8. The van der Waals surface area contributed by atoms with E-state index in [-0.39, 0.29) is 17.6 Å². The molecule has 1 N–H and O–H groups in total. The molecule has 0 aliphatic carbocycles. The Bertz CT molecular complexity index is 1030. The van der Waals surface area contributed by atoms with Crippen LogP contribution in [0.3, 0.4) is 0 Å². The van der Waals surface area contributed by atoms with Crippen molar-refractivity contribution < 1.29 is 14.5 Å². The monoisotopic (exact) mass is 393 g/mol. The van der Waals surface area contributed by atoms with E-state index in [1.165, 1.54) is 12.1 Å². The highest BCUT2D eigenvalue weighted by atomic mass is 16.6. The summed E-state index contributed by atoms with van der Waals surface area (Å²) in [5.74, 6) is -0.134. The van der Waals surface area contributed by atoms with Gasteiger partial charge in [-0.25, -0.2) is 0 Å². The lowest BCUT2D eigenvalue weighted by Crippen LogP contribution is -2.31. The molecule has 4 rings (SSSR count). The number of H-pyrrole nitrogens is 1. The number of aromatic amines is 1. The zero-order valence-corrected chi connectivity index (χ0v) is 15.7. The standard InChI is InChI=1S/C20H19N5O4/c1-29-11-3-10-24-19(14-4-2-9-21-12-14)16-17(22-23-18(16)20(24)26)13-5-7-15(8-6-13)25(27)28/h2,4-9,12,19H,3,10-11H2,1H3,(H,22,23). The second kappa shape index (κ2) is 7.80. The van der Waals surface area contributed by atoms with Crippen LogP contribution in [0, 0.1) is 10.1 Å². The third-order valence-corrected chi connectivity index (χ3v) is 4.96. The van der Waals surface area contributed by atoms with Crippen molar-refractivity contribution in [2.45, 2.75) is 12.5 Å². The molecule has 0 bridgehead atoms. The number of methoxy groups -OCH3 is 1. The number of pyridine rings is 1. The van der Waals surface area contributed by atoms with E-state index in [0.717, 1.165) is 11.1 Å². The van der Waals surface area contributed by atoms with Crippen LogP contribution in [0.15, 0.2) is 48.8 Å². The summed E-state index contributed by atoms with van der Waals surface area (Å²) in [7, 11) is 1.63. The van der Waals surface area contributed by atoms with Gasteiger partial charge in [0.2, 0.25) is 0 Å². The van der Waals surface area contributed by atoms with Crippen molar-refractivity contribution in [3.8, 4) is 11.3 Å². The summed E-state index contributed by atoms with van der Waals surface area (Å²) >= 11 is 0. The minimum atomic E-state index is -0.446. The minimum Gasteiger partial charge on any atom is -0.385 e. The molecule has 1 aromatic carbocycles. The minimum absolute atomic E-state index is 0.00186. The normalized spacial score (nSPS) is 15.6. The van der Waals surface area contributed by atoms with Gasteiger partial charge >= 0.3 is 0 Å². The molecule has 1 aliphatic heterocycles. The van der Waals surface area contributed by atoms with Crippen molar-refractivity contribution in [2.75, 3.05) is 20.3 Å². The Kier molecular flexibility index (Phi) is 5.05. The Morgan fingerprint density at radius 2 is 2.07 bits per heavy atom. The molecule has 1 aliphatic rings. The van der Waals surface area contributed by atoms with Crippen LogP contribution >= 0.6 is 0 Å². The second-order valence-electron chi connectivity index (χ2n) is 6.70. The molecular weight excluding hydrogens is 374 g/mol. The van der Waals surface area contributed by atoms with Gasteiger partial charge in [-0.1, -0.05) is 6.07 Å². The third-order valence-electron chi connectivity index (χ3n) is 4.96. The Hall–Kier alpha value is -3.59. The van der Waals surface area contributed by atoms with Crippen LogP contribution in [-0.4, -0.2) is 51.2 Å². The molecule has 3 aromatic rings. The smallest absolute Gasteiger partial charge is 0.273 e. The molecule has 148 valence electrons. The molecule has 9 nitrogen and oxygen atoms in total. The van der Waals surface area contributed by atoms with E-state index in [2.05, 4.69) is 15.2 Å². The molecule has 0 saturated heterocycles. The number of benzene rings is 1. The second-order valence-corrected chi connectivity index (χ2v) is 6.70. The molecule has 0 saturated carbocycles. The fourth-order valence-electron chi connectivity index (χ4n) is 3.65. The van der Waals surface area contributed by atoms with Crippen LogP contribution in [0.4, 0.5) is 5.69 Å². The Balaban J connectivity index is 1.78. The molecule has 0 radical (unpaired) electrons. The highest BCUT2D eigenvalue weighted by Gasteiger charge is 2.41. The largest absolute Gasteiger partial charge is 0.385 e. The van der Waals surface area contributed by atoms with Crippen LogP contribution in [0.5, 0.6) is 0 Å². The maximum atomic E-state index is 13.1. The van der Waals surface area contributed by atoms with E-state index >= 15 is 0 Å². The first-order valence-electron chi connectivity index (χ1n) is 9.14. The zero-order chi connectivity index (χ0) is 20.4. The Labute approximate surface area is 166 Å². The molecule has 1 unspecified atom stereocenters. The highest BCUT2D eigenvalue weighted by Crippen LogP contribution is 2.42. The number of nitro benzene ring substituents is 1. The van der Waals surface area contributed by atoms with E-state index in [1.54, 1.807) is 36.5 Å². The molecule has 2 aromatic heterocycles. The first-order valence-corrected chi connectivity index (χ1v) is 9.14. The number of aromatic nitrogens is 3. The van der Waals surface area contributed by atoms with Crippen molar-refractivity contribution in [3.05, 3.63) is 75.7 Å². The van der Waals surface area contributed by atoms with Crippen molar-refractivity contribution >= 4 is 11.6 Å². The van der Waals surface area contributed by atoms with E-state index in [4.69, 9.17) is 4.74 Å². The number of nitro groups is 1. The highest BCUT2D eigenvalue weighted by molar-refractivity contribution is 6.00. The summed E-state index contributed by atoms with van der Waals surface area (Å²) in [5, 5.41) is 18.2. The van der Waals surface area contributed by atoms with Gasteiger partial charge in [-0.05, 0) is 30.2 Å². The summed E-state index contributed by atoms with van der Waals surface area (Å²) in [6, 6.07) is 9.57. The van der Waals surface area contributed by atoms with Gasteiger partial charge in [0, 0.05) is 55.9 Å². The molecule has 29 heavy (non-hydrogen) atoms. The maximum absolute atomic E-state index is 13.1. The fraction of sp³-hybridized carbons (Fsp3) is 0.250. The lowest BCUT2D eigenvalue weighted by Gasteiger charge is -2.26. The van der Waals surface area contributed by atoms with E-state index in [1.807, 2.05) is 12.1 Å². The SMILES string of the molecule is COCCCN1C(=O)c2[nH]nc(-c3ccc([N+](=O)[O-])cc3)c2C1c1cccnc1. The predicted molar refractivity (Wildman–Crippen MR) is 104 cm³/mol. The lowest BCUT2D eigenvalue weighted by atomic mass is 9.97. The molecule has 0 fully saturated rings. The molecular formula is C20H19N5O4. The number of carbonyl (C=O) groups is 1. The summed E-state index contributed by atoms with van der Waals surface area (Å²) in [6.07, 6.45) is 4.12. The van der Waals surface area contributed by atoms with Crippen molar-refractivity contribution in [1.82, 2.24) is 20.1 Å². The number of amides is 1. The average molecular weight is 393 g/mol. The number of nitrogens with one attached hydrogen (secondary N) is 1. The molecule has 1 amide bonds. The van der Waals surface area contributed by atoms with Gasteiger partial charge in [0.25, 0.3) is 11.6 Å². The Morgan fingerprint density at radius 3 is 2.72 bits per heavy atom. The molecule has 1 atom stereocenters. The number of carbonyl (C=O) groups excluding carboxylic acids is 1. The molecule has 9 heteroatoms. The molecule has 3 heterocycles. The number of hydrogen-bond donors (Lipinski definition) is 1. The number of hydrogen-bond acceptors (Lipinski definition) is 6. The average Bonchev–Trinajstić information content (AvgIpc) is 3.28. The van der Waals surface area contributed by atoms with Crippen LogP contribution in [-0.2, 0) is 4.74 Å². The van der Waals surface area contributed by atoms with Crippen molar-refractivity contribution in [1.29, 1.82) is 0 Å². The van der Waals surface area contributed by atoms with Gasteiger partial charge in [-0.2, -0.15) is 5.10 Å². The van der Waals surface area contributed by atoms with Crippen LogP contribution < -0.4 is 0 Å². The van der Waals surface area contributed by atoms with Crippen molar-refractivity contribution in [2.24, 2.45) is 0 Å². The Morgan fingerprint density at radius 1 is 1.28 bits per heavy atom. The number of non-ortho nitro benzene ring substituents is 1. The van der Waals surface area contributed by atoms with Crippen molar-refractivity contribution in [3.63, 3.8) is 0 Å². The van der Waals surface area contributed by atoms with Crippen LogP contribution in [0.2, 0.25) is 0 Å². The van der Waals surface area contributed by atoms with Gasteiger partial charge in [0.15, 0.2) is 0 Å². The van der Waals surface area contributed by atoms with Crippen LogP contribution in [0.25, 0.3) is 11.3 Å². The van der Waals surface area contributed by atoms with E-state index in [9.17, 15) is 14.9 Å². The predicted octanol–water partition coefficient (Wildman–Crippen LogP) is 2.96.